The smallest absolute Gasteiger partial charge is 0.414 e. The minimum atomic E-state index is -0.290. The summed E-state index contributed by atoms with van der Waals surface area (Å²) < 4.78 is 10.5. The van der Waals surface area contributed by atoms with E-state index < -0.39 is 0 Å². The van der Waals surface area contributed by atoms with Crippen LogP contribution in [0.4, 0.5) is 16.2 Å². The molecule has 1 amide bonds. The Hall–Kier alpha value is -2.57. The highest BCUT2D eigenvalue weighted by molar-refractivity contribution is 5.90. The van der Waals surface area contributed by atoms with Crippen LogP contribution in [0.25, 0.3) is 0 Å². The average Bonchev–Trinajstić information content (AvgIpc) is 3.13. The van der Waals surface area contributed by atoms with E-state index in [1.54, 1.807) is 11.8 Å². The molecule has 0 unspecified atom stereocenters. The zero-order chi connectivity index (χ0) is 16.4. The maximum Gasteiger partial charge on any atom is 0.414 e. The number of nitrogens with one attached hydrogen (secondary N) is 1. The second-order valence-corrected chi connectivity index (χ2v) is 5.47. The van der Waals surface area contributed by atoms with Gasteiger partial charge in [-0.05, 0) is 44.0 Å². The Morgan fingerprint density at radius 1 is 1.48 bits per heavy atom. The third-order valence-corrected chi connectivity index (χ3v) is 3.76. The second-order valence-electron chi connectivity index (χ2n) is 5.47. The van der Waals surface area contributed by atoms with Crippen molar-refractivity contribution < 1.29 is 13.9 Å². The number of carbonyl (C=O) groups excluding carboxylic acids is 1. The van der Waals surface area contributed by atoms with Gasteiger partial charge < -0.3 is 14.5 Å². The van der Waals surface area contributed by atoms with Crippen LogP contribution in [0, 0.1) is 6.92 Å². The van der Waals surface area contributed by atoms with E-state index in [9.17, 15) is 4.79 Å². The third kappa shape index (κ3) is 3.13. The number of carbonyl (C=O) groups is 1. The van der Waals surface area contributed by atoms with Gasteiger partial charge >= 0.3 is 6.09 Å². The maximum atomic E-state index is 11.9. The molecule has 2 aromatic rings. The van der Waals surface area contributed by atoms with Gasteiger partial charge in [0.25, 0.3) is 0 Å². The first-order valence-electron chi connectivity index (χ1n) is 7.72. The largest absolute Gasteiger partial charge is 0.449 e. The van der Waals surface area contributed by atoms with E-state index in [-0.39, 0.29) is 12.1 Å². The predicted octanol–water partition coefficient (Wildman–Crippen LogP) is 3.07. The van der Waals surface area contributed by atoms with Crippen molar-refractivity contribution in [2.75, 3.05) is 23.4 Å². The lowest BCUT2D eigenvalue weighted by Gasteiger charge is -2.17. The molecule has 0 fully saturated rings. The summed E-state index contributed by atoms with van der Waals surface area (Å²) in [5.74, 6) is 1.10. The van der Waals surface area contributed by atoms with Crippen LogP contribution in [0.5, 0.6) is 0 Å². The highest BCUT2D eigenvalue weighted by Gasteiger charge is 2.26. The molecule has 0 spiro atoms. The number of nitrogens with zero attached hydrogens (tertiary/aromatic N) is 3. The number of amides is 1. The van der Waals surface area contributed by atoms with Crippen molar-refractivity contribution in [3.8, 4) is 0 Å². The average molecular weight is 316 g/mol. The van der Waals surface area contributed by atoms with Crippen molar-refractivity contribution in [1.82, 2.24) is 10.2 Å². The number of ether oxygens (including phenoxy) is 1. The molecular weight excluding hydrogens is 296 g/mol. The molecule has 122 valence electrons. The van der Waals surface area contributed by atoms with Crippen molar-refractivity contribution in [3.05, 3.63) is 35.5 Å². The molecule has 1 N–H and O–H groups in total. The number of hydrogen-bond donors (Lipinski definition) is 1. The van der Waals surface area contributed by atoms with Crippen LogP contribution in [-0.2, 0) is 11.2 Å². The van der Waals surface area contributed by atoms with Gasteiger partial charge in [-0.3, -0.25) is 4.90 Å². The molecule has 3 rings (SSSR count). The summed E-state index contributed by atoms with van der Waals surface area (Å²) in [5, 5.41) is 11.2. The number of hydrogen-bond acceptors (Lipinski definition) is 6. The van der Waals surface area contributed by atoms with Crippen molar-refractivity contribution >= 4 is 17.5 Å². The van der Waals surface area contributed by atoms with Gasteiger partial charge in [-0.2, -0.15) is 0 Å². The summed E-state index contributed by atoms with van der Waals surface area (Å²) in [6.45, 7) is 6.57. The SMILES string of the molecule is CCOC(=O)N1CCc2cc(N[C@H](C)c3nnc(C)o3)ccc21. The predicted molar refractivity (Wildman–Crippen MR) is 85.6 cm³/mol. The zero-order valence-corrected chi connectivity index (χ0v) is 13.5. The van der Waals surface area contributed by atoms with Crippen LogP contribution in [-0.4, -0.2) is 29.4 Å². The topological polar surface area (TPSA) is 80.5 Å². The Kier molecular flexibility index (Phi) is 4.18. The van der Waals surface area contributed by atoms with Crippen molar-refractivity contribution in [2.45, 2.75) is 33.2 Å². The van der Waals surface area contributed by atoms with E-state index in [0.717, 1.165) is 23.4 Å². The monoisotopic (exact) mass is 316 g/mol. The Morgan fingerprint density at radius 3 is 3.00 bits per heavy atom. The molecule has 2 heterocycles. The molecule has 23 heavy (non-hydrogen) atoms. The summed E-state index contributed by atoms with van der Waals surface area (Å²) in [7, 11) is 0. The molecule has 0 saturated heterocycles. The Bertz CT molecular complexity index is 713. The van der Waals surface area contributed by atoms with Gasteiger partial charge in [0.2, 0.25) is 11.8 Å². The lowest BCUT2D eigenvalue weighted by atomic mass is 10.1. The van der Waals surface area contributed by atoms with E-state index in [4.69, 9.17) is 9.15 Å². The number of aryl methyl sites for hydroxylation is 1. The summed E-state index contributed by atoms with van der Waals surface area (Å²) in [6, 6.07) is 5.84. The van der Waals surface area contributed by atoms with E-state index in [1.165, 1.54) is 0 Å². The first-order chi connectivity index (χ1) is 11.1. The molecular formula is C16H20N4O3. The number of anilines is 2. The lowest BCUT2D eigenvalue weighted by Crippen LogP contribution is -2.29. The second kappa shape index (κ2) is 6.28. The first-order valence-corrected chi connectivity index (χ1v) is 7.72. The molecule has 1 aromatic heterocycles. The van der Waals surface area contributed by atoms with Crippen LogP contribution in [0.15, 0.2) is 22.6 Å². The van der Waals surface area contributed by atoms with E-state index in [0.29, 0.717) is 24.9 Å². The standard InChI is InChI=1S/C16H20N4O3/c1-4-22-16(21)20-8-7-12-9-13(5-6-14(12)20)17-10(2)15-19-18-11(3)23-15/h5-6,9-10,17H,4,7-8H2,1-3H3/t10-/m1/s1. The minimum absolute atomic E-state index is 0.0863. The summed E-state index contributed by atoms with van der Waals surface area (Å²) in [5.41, 5.74) is 2.99. The van der Waals surface area contributed by atoms with Crippen LogP contribution in [0.2, 0.25) is 0 Å². The quantitative estimate of drug-likeness (QED) is 0.933. The minimum Gasteiger partial charge on any atom is -0.449 e. The number of aromatic nitrogens is 2. The number of fused-ring (bicyclic) bond motifs is 1. The van der Waals surface area contributed by atoms with E-state index in [2.05, 4.69) is 15.5 Å². The van der Waals surface area contributed by atoms with Crippen LogP contribution >= 0.6 is 0 Å². The Balaban J connectivity index is 1.73. The molecule has 7 nitrogen and oxygen atoms in total. The van der Waals surface area contributed by atoms with Gasteiger partial charge in [0.1, 0.15) is 6.04 Å². The summed E-state index contributed by atoms with van der Waals surface area (Å²) >= 11 is 0. The van der Waals surface area contributed by atoms with Gasteiger partial charge in [-0.1, -0.05) is 0 Å². The molecule has 1 aliphatic heterocycles. The zero-order valence-electron chi connectivity index (χ0n) is 13.5. The first kappa shape index (κ1) is 15.3. The molecule has 0 radical (unpaired) electrons. The highest BCUT2D eigenvalue weighted by atomic mass is 16.6. The fourth-order valence-electron chi connectivity index (χ4n) is 2.68. The fraction of sp³-hybridized carbons (Fsp3) is 0.438. The van der Waals surface area contributed by atoms with Crippen molar-refractivity contribution in [3.63, 3.8) is 0 Å². The van der Waals surface area contributed by atoms with Crippen molar-refractivity contribution in [1.29, 1.82) is 0 Å². The number of benzene rings is 1. The van der Waals surface area contributed by atoms with Crippen LogP contribution < -0.4 is 10.2 Å². The van der Waals surface area contributed by atoms with Crippen LogP contribution in [0.3, 0.4) is 0 Å². The molecule has 0 aliphatic carbocycles. The highest BCUT2D eigenvalue weighted by Crippen LogP contribution is 2.32. The summed E-state index contributed by atoms with van der Waals surface area (Å²) in [4.78, 5) is 13.6. The van der Waals surface area contributed by atoms with E-state index in [1.807, 2.05) is 32.0 Å². The number of rotatable bonds is 4. The maximum absolute atomic E-state index is 11.9. The Morgan fingerprint density at radius 2 is 2.30 bits per heavy atom. The van der Waals surface area contributed by atoms with Gasteiger partial charge in [-0.15, -0.1) is 10.2 Å². The lowest BCUT2D eigenvalue weighted by molar-refractivity contribution is 0.160. The van der Waals surface area contributed by atoms with Gasteiger partial charge in [0.05, 0.1) is 12.3 Å². The molecule has 0 saturated carbocycles. The van der Waals surface area contributed by atoms with Gasteiger partial charge in [0, 0.05) is 19.2 Å². The van der Waals surface area contributed by atoms with Crippen LogP contribution in [0.1, 0.15) is 37.2 Å². The van der Waals surface area contributed by atoms with Gasteiger partial charge in [0.15, 0.2) is 0 Å². The molecule has 7 heteroatoms. The molecule has 1 atom stereocenters. The summed E-state index contributed by atoms with van der Waals surface area (Å²) in [6.07, 6.45) is 0.527. The fourth-order valence-corrected chi connectivity index (χ4v) is 2.68. The molecule has 1 aromatic carbocycles. The molecule has 0 bridgehead atoms. The Labute approximate surface area is 134 Å². The normalized spacial score (nSPS) is 14.5. The van der Waals surface area contributed by atoms with Gasteiger partial charge in [-0.25, -0.2) is 4.79 Å². The third-order valence-electron chi connectivity index (χ3n) is 3.76. The molecule has 1 aliphatic rings. The van der Waals surface area contributed by atoms with Crippen molar-refractivity contribution in [2.24, 2.45) is 0 Å². The van der Waals surface area contributed by atoms with E-state index >= 15 is 0 Å².